The van der Waals surface area contributed by atoms with Gasteiger partial charge in [-0.15, -0.1) is 0 Å². The van der Waals surface area contributed by atoms with Crippen LogP contribution < -0.4 is 5.32 Å². The lowest BCUT2D eigenvalue weighted by Gasteiger charge is -2.09. The van der Waals surface area contributed by atoms with E-state index in [9.17, 15) is 14.9 Å². The first-order chi connectivity index (χ1) is 10.3. The van der Waals surface area contributed by atoms with Crippen LogP contribution in [0.5, 0.6) is 0 Å². The largest absolute Gasteiger partial charge is 0.374 e. The summed E-state index contributed by atoms with van der Waals surface area (Å²) in [5, 5.41) is 14.9. The maximum absolute atomic E-state index is 11.3. The Balaban J connectivity index is 2.27. The summed E-state index contributed by atoms with van der Waals surface area (Å²) in [6, 6.07) is 6.01. The Labute approximate surface area is 136 Å². The first-order valence-electron chi connectivity index (χ1n) is 6.34. The average molecular weight is 342 g/mol. The van der Waals surface area contributed by atoms with Gasteiger partial charge in [-0.05, 0) is 25.1 Å². The molecule has 1 N–H and O–H groups in total. The third kappa shape index (κ3) is 3.23. The first-order valence-corrected chi connectivity index (χ1v) is 7.09. The van der Waals surface area contributed by atoms with E-state index in [1.165, 1.54) is 19.1 Å². The van der Waals surface area contributed by atoms with Crippen LogP contribution in [-0.4, -0.2) is 15.3 Å². The van der Waals surface area contributed by atoms with E-state index in [-0.39, 0.29) is 11.5 Å². The molecule has 0 saturated carbocycles. The van der Waals surface area contributed by atoms with Gasteiger partial charge in [0.25, 0.3) is 5.69 Å². The van der Waals surface area contributed by atoms with Crippen LogP contribution in [0.15, 0.2) is 24.3 Å². The van der Waals surface area contributed by atoms with Gasteiger partial charge in [0.1, 0.15) is 10.8 Å². The van der Waals surface area contributed by atoms with Gasteiger partial charge in [0, 0.05) is 24.4 Å². The van der Waals surface area contributed by atoms with Gasteiger partial charge >= 0.3 is 0 Å². The normalized spacial score (nSPS) is 10.5. The Morgan fingerprint density at radius 3 is 2.55 bits per heavy atom. The predicted octanol–water partition coefficient (Wildman–Crippen LogP) is 4.05. The second-order valence-corrected chi connectivity index (χ2v) is 5.50. The summed E-state index contributed by atoms with van der Waals surface area (Å²) in [5.41, 5.74) is 1.24. The van der Waals surface area contributed by atoms with Crippen LogP contribution in [0.1, 0.15) is 23.0 Å². The molecule has 0 atom stereocenters. The van der Waals surface area contributed by atoms with Crippen molar-refractivity contribution < 1.29 is 9.72 Å². The summed E-state index contributed by atoms with van der Waals surface area (Å²) < 4.78 is 1.69. The van der Waals surface area contributed by atoms with Crippen molar-refractivity contribution in [2.24, 2.45) is 7.05 Å². The fourth-order valence-electron chi connectivity index (χ4n) is 2.00. The minimum atomic E-state index is -0.528. The van der Waals surface area contributed by atoms with E-state index < -0.39 is 4.92 Å². The van der Waals surface area contributed by atoms with Crippen molar-refractivity contribution in [3.63, 3.8) is 0 Å². The van der Waals surface area contributed by atoms with Gasteiger partial charge < -0.3 is 9.88 Å². The van der Waals surface area contributed by atoms with Crippen molar-refractivity contribution in [2.75, 3.05) is 5.32 Å². The molecule has 6 nitrogen and oxygen atoms in total. The molecule has 0 spiro atoms. The van der Waals surface area contributed by atoms with Crippen molar-refractivity contribution in [1.82, 2.24) is 4.57 Å². The fourth-order valence-corrected chi connectivity index (χ4v) is 2.41. The quantitative estimate of drug-likeness (QED) is 0.505. The van der Waals surface area contributed by atoms with Crippen LogP contribution >= 0.6 is 23.2 Å². The molecule has 1 aromatic carbocycles. The summed E-state index contributed by atoms with van der Waals surface area (Å²) in [4.78, 5) is 21.9. The highest BCUT2D eigenvalue weighted by molar-refractivity contribution is 6.41. The number of nitro groups is 1. The molecule has 0 aliphatic rings. The van der Waals surface area contributed by atoms with Gasteiger partial charge in [0.05, 0.1) is 16.5 Å². The highest BCUT2D eigenvalue weighted by Gasteiger charge is 2.17. The van der Waals surface area contributed by atoms with Crippen LogP contribution in [0.25, 0.3) is 0 Å². The standard InChI is InChI=1S/C14H13Cl2N3O3/c1-8(20)9-3-4-12(13(5-9)19(21)22)17-7-10-6-11(15)14(16)18(10)2/h3-6,17H,7H2,1-2H3. The van der Waals surface area contributed by atoms with E-state index in [1.54, 1.807) is 23.7 Å². The van der Waals surface area contributed by atoms with Gasteiger partial charge in [-0.1, -0.05) is 23.2 Å². The topological polar surface area (TPSA) is 77.2 Å². The highest BCUT2D eigenvalue weighted by atomic mass is 35.5. The number of ketones is 1. The molecule has 22 heavy (non-hydrogen) atoms. The minimum Gasteiger partial charge on any atom is -0.374 e. The summed E-state index contributed by atoms with van der Waals surface area (Å²) in [5.74, 6) is -0.226. The molecule has 0 fully saturated rings. The second-order valence-electron chi connectivity index (χ2n) is 4.73. The Hall–Kier alpha value is -2.05. The molecule has 2 aromatic rings. The maximum atomic E-state index is 11.3. The number of nitrogens with one attached hydrogen (secondary N) is 1. The molecule has 1 aromatic heterocycles. The maximum Gasteiger partial charge on any atom is 0.293 e. The molecule has 0 unspecified atom stereocenters. The van der Waals surface area contributed by atoms with Crippen LogP contribution in [0.3, 0.4) is 0 Å². The van der Waals surface area contributed by atoms with Gasteiger partial charge in [-0.25, -0.2) is 0 Å². The van der Waals surface area contributed by atoms with E-state index in [0.29, 0.717) is 28.0 Å². The number of hydrogen-bond acceptors (Lipinski definition) is 4. The number of hydrogen-bond donors (Lipinski definition) is 1. The number of aromatic nitrogens is 1. The molecule has 1 heterocycles. The fraction of sp³-hybridized carbons (Fsp3) is 0.214. The Morgan fingerprint density at radius 1 is 1.36 bits per heavy atom. The molecule has 8 heteroatoms. The minimum absolute atomic E-state index is 0.154. The highest BCUT2D eigenvalue weighted by Crippen LogP contribution is 2.28. The molecule has 0 amide bonds. The molecule has 0 aliphatic carbocycles. The Kier molecular flexibility index (Phi) is 4.73. The van der Waals surface area contributed by atoms with Crippen LogP contribution in [0.2, 0.25) is 10.2 Å². The second kappa shape index (κ2) is 6.37. The summed E-state index contributed by atoms with van der Waals surface area (Å²) in [7, 11) is 1.75. The SMILES string of the molecule is CC(=O)c1ccc(NCc2cc(Cl)c(Cl)n2C)c([N+](=O)[O-])c1. The number of anilines is 1. The van der Waals surface area contributed by atoms with Crippen molar-refractivity contribution >= 4 is 40.4 Å². The van der Waals surface area contributed by atoms with Crippen molar-refractivity contribution in [3.8, 4) is 0 Å². The Bertz CT molecular complexity index is 756. The number of carbonyl (C=O) groups excluding carboxylic acids is 1. The molecular formula is C14H13Cl2N3O3. The lowest BCUT2D eigenvalue weighted by Crippen LogP contribution is -2.07. The molecule has 0 aliphatic heterocycles. The van der Waals surface area contributed by atoms with Gasteiger partial charge in [0.2, 0.25) is 0 Å². The summed E-state index contributed by atoms with van der Waals surface area (Å²) in [6.45, 7) is 1.67. The molecule has 116 valence electrons. The monoisotopic (exact) mass is 341 g/mol. The smallest absolute Gasteiger partial charge is 0.293 e. The number of nitrogens with zero attached hydrogens (tertiary/aromatic N) is 2. The van der Waals surface area contributed by atoms with Crippen LogP contribution in [0.4, 0.5) is 11.4 Å². The van der Waals surface area contributed by atoms with Crippen molar-refractivity contribution in [3.05, 3.63) is 55.8 Å². The number of benzene rings is 1. The number of halogens is 2. The van der Waals surface area contributed by atoms with Gasteiger partial charge in [-0.3, -0.25) is 14.9 Å². The third-order valence-electron chi connectivity index (χ3n) is 3.28. The number of nitro benzene ring substituents is 1. The van der Waals surface area contributed by atoms with E-state index in [0.717, 1.165) is 5.69 Å². The lowest BCUT2D eigenvalue weighted by molar-refractivity contribution is -0.384. The summed E-state index contributed by atoms with van der Waals surface area (Å²) in [6.07, 6.45) is 0. The molecular weight excluding hydrogens is 329 g/mol. The molecule has 0 bridgehead atoms. The zero-order valence-electron chi connectivity index (χ0n) is 11.9. The third-order valence-corrected chi connectivity index (χ3v) is 4.12. The average Bonchev–Trinajstić information content (AvgIpc) is 2.72. The first kappa shape index (κ1) is 16.3. The number of carbonyl (C=O) groups is 1. The number of Topliss-reactive ketones (excluding diaryl/α,β-unsaturated/α-hetero) is 1. The zero-order valence-corrected chi connectivity index (χ0v) is 13.4. The Morgan fingerprint density at radius 2 is 2.05 bits per heavy atom. The van der Waals surface area contributed by atoms with Crippen LogP contribution in [-0.2, 0) is 13.6 Å². The molecule has 0 radical (unpaired) electrons. The van der Waals surface area contributed by atoms with Gasteiger partial charge in [0.15, 0.2) is 5.78 Å². The summed E-state index contributed by atoms with van der Waals surface area (Å²) >= 11 is 11.9. The lowest BCUT2D eigenvalue weighted by atomic mass is 10.1. The van der Waals surface area contributed by atoms with E-state index in [1.807, 2.05) is 0 Å². The molecule has 2 rings (SSSR count). The van der Waals surface area contributed by atoms with Crippen molar-refractivity contribution in [1.29, 1.82) is 0 Å². The van der Waals surface area contributed by atoms with Crippen molar-refractivity contribution in [2.45, 2.75) is 13.5 Å². The van der Waals surface area contributed by atoms with E-state index in [2.05, 4.69) is 5.32 Å². The van der Waals surface area contributed by atoms with Gasteiger partial charge in [-0.2, -0.15) is 0 Å². The van der Waals surface area contributed by atoms with E-state index >= 15 is 0 Å². The van der Waals surface area contributed by atoms with Crippen LogP contribution in [0, 0.1) is 10.1 Å². The number of rotatable bonds is 5. The zero-order chi connectivity index (χ0) is 16.4. The van der Waals surface area contributed by atoms with E-state index in [4.69, 9.17) is 23.2 Å². The predicted molar refractivity (Wildman–Crippen MR) is 85.9 cm³/mol. The molecule has 0 saturated heterocycles.